The van der Waals surface area contributed by atoms with Gasteiger partial charge in [-0.3, -0.25) is 4.90 Å². The van der Waals surface area contributed by atoms with Crippen LogP contribution in [-0.2, 0) is 25.9 Å². The quantitative estimate of drug-likeness (QED) is 0.406. The molecule has 0 saturated carbocycles. The Hall–Kier alpha value is -2.84. The highest BCUT2D eigenvalue weighted by molar-refractivity contribution is 5.83. The molecule has 0 unspecified atom stereocenters. The number of fused-ring (bicyclic) bond motifs is 1. The molecular weight excluding hydrogens is 340 g/mol. The summed E-state index contributed by atoms with van der Waals surface area (Å²) >= 11 is 0. The molecule has 0 spiro atoms. The minimum absolute atomic E-state index is 0.971. The molecule has 0 saturated heterocycles. The zero-order valence-corrected chi connectivity index (χ0v) is 16.6. The van der Waals surface area contributed by atoms with E-state index in [2.05, 4.69) is 102 Å². The molecule has 28 heavy (non-hydrogen) atoms. The van der Waals surface area contributed by atoms with Gasteiger partial charge in [-0.15, -0.1) is 0 Å². The van der Waals surface area contributed by atoms with Gasteiger partial charge in [-0.1, -0.05) is 73.7 Å². The fourth-order valence-electron chi connectivity index (χ4n) is 3.83. The number of aromatic amines is 1. The molecule has 142 valence electrons. The monoisotopic (exact) mass is 368 g/mol. The third kappa shape index (κ3) is 4.52. The third-order valence-electron chi connectivity index (χ3n) is 5.44. The van der Waals surface area contributed by atoms with Gasteiger partial charge in [0.05, 0.1) is 0 Å². The van der Waals surface area contributed by atoms with Crippen LogP contribution in [0.15, 0.2) is 85.1 Å². The molecule has 1 heterocycles. The van der Waals surface area contributed by atoms with Crippen molar-refractivity contribution in [1.82, 2.24) is 9.88 Å². The van der Waals surface area contributed by atoms with Crippen molar-refractivity contribution < 1.29 is 0 Å². The summed E-state index contributed by atoms with van der Waals surface area (Å²) in [5.74, 6) is 0. The molecule has 1 N–H and O–H groups in total. The predicted molar refractivity (Wildman–Crippen MR) is 118 cm³/mol. The maximum Gasteiger partial charge on any atom is 0.0456 e. The van der Waals surface area contributed by atoms with E-state index in [-0.39, 0.29) is 0 Å². The molecule has 3 aromatic carbocycles. The van der Waals surface area contributed by atoms with E-state index in [4.69, 9.17) is 0 Å². The molecule has 0 radical (unpaired) electrons. The van der Waals surface area contributed by atoms with Gasteiger partial charge >= 0.3 is 0 Å². The van der Waals surface area contributed by atoms with Crippen molar-refractivity contribution in [3.63, 3.8) is 0 Å². The van der Waals surface area contributed by atoms with E-state index in [1.807, 2.05) is 0 Å². The van der Waals surface area contributed by atoms with E-state index >= 15 is 0 Å². The van der Waals surface area contributed by atoms with Gasteiger partial charge in [0.25, 0.3) is 0 Å². The zero-order valence-electron chi connectivity index (χ0n) is 16.6. The number of hydrogen-bond acceptors (Lipinski definition) is 1. The summed E-state index contributed by atoms with van der Waals surface area (Å²) in [4.78, 5) is 5.99. The fourth-order valence-corrected chi connectivity index (χ4v) is 3.83. The van der Waals surface area contributed by atoms with Gasteiger partial charge < -0.3 is 4.98 Å². The van der Waals surface area contributed by atoms with Gasteiger partial charge in [0, 0.05) is 36.7 Å². The number of hydrogen-bond donors (Lipinski definition) is 1. The van der Waals surface area contributed by atoms with Crippen LogP contribution in [0.1, 0.15) is 29.2 Å². The summed E-state index contributed by atoms with van der Waals surface area (Å²) in [5.41, 5.74) is 6.79. The molecule has 1 aromatic heterocycles. The fraction of sp³-hybridized carbons (Fsp3) is 0.231. The lowest BCUT2D eigenvalue weighted by atomic mass is 10.1. The van der Waals surface area contributed by atoms with Crippen molar-refractivity contribution in [3.8, 4) is 0 Å². The van der Waals surface area contributed by atoms with Crippen LogP contribution in [0.2, 0.25) is 0 Å². The Balaban J connectivity index is 1.52. The lowest BCUT2D eigenvalue weighted by Gasteiger charge is -2.22. The standard InChI is InChI=1S/C26H28N2/c1-2-21-13-14-26-25(17-21)24(18-27-26)15-16-28(19-22-9-5-3-6-10-22)20-23-11-7-4-8-12-23/h3-14,17-18,27H,2,15-16,19-20H2,1H3. The lowest BCUT2D eigenvalue weighted by molar-refractivity contribution is 0.260. The Morgan fingerprint density at radius 2 is 1.39 bits per heavy atom. The van der Waals surface area contributed by atoms with E-state index in [1.54, 1.807) is 0 Å². The van der Waals surface area contributed by atoms with Crippen molar-refractivity contribution >= 4 is 10.9 Å². The second-order valence-corrected chi connectivity index (χ2v) is 7.48. The molecule has 0 amide bonds. The summed E-state index contributed by atoms with van der Waals surface area (Å²) in [6.45, 7) is 5.19. The highest BCUT2D eigenvalue weighted by atomic mass is 15.1. The van der Waals surface area contributed by atoms with Crippen LogP contribution in [0, 0.1) is 0 Å². The van der Waals surface area contributed by atoms with E-state index < -0.39 is 0 Å². The highest BCUT2D eigenvalue weighted by Gasteiger charge is 2.10. The first-order valence-electron chi connectivity index (χ1n) is 10.2. The molecule has 0 aliphatic carbocycles. The predicted octanol–water partition coefficient (Wildman–Crippen LogP) is 5.98. The summed E-state index contributed by atoms with van der Waals surface area (Å²) in [6, 6.07) is 28.3. The first-order valence-corrected chi connectivity index (χ1v) is 10.2. The molecule has 0 bridgehead atoms. The Bertz CT molecular complexity index is 961. The second-order valence-electron chi connectivity index (χ2n) is 7.48. The van der Waals surface area contributed by atoms with Crippen LogP contribution in [0.25, 0.3) is 10.9 Å². The number of nitrogens with zero attached hydrogens (tertiary/aromatic N) is 1. The van der Waals surface area contributed by atoms with Crippen LogP contribution >= 0.6 is 0 Å². The molecule has 4 aromatic rings. The number of H-pyrrole nitrogens is 1. The highest BCUT2D eigenvalue weighted by Crippen LogP contribution is 2.21. The zero-order chi connectivity index (χ0) is 19.2. The lowest BCUT2D eigenvalue weighted by Crippen LogP contribution is -2.25. The van der Waals surface area contributed by atoms with E-state index in [1.165, 1.54) is 33.2 Å². The SMILES string of the molecule is CCc1ccc2[nH]cc(CCN(Cc3ccccc3)Cc3ccccc3)c2c1. The van der Waals surface area contributed by atoms with Crippen LogP contribution in [-0.4, -0.2) is 16.4 Å². The van der Waals surface area contributed by atoms with Crippen molar-refractivity contribution in [3.05, 3.63) is 107 Å². The Labute approximate surface area is 167 Å². The molecule has 0 aliphatic rings. The van der Waals surface area contributed by atoms with E-state index in [9.17, 15) is 0 Å². The third-order valence-corrected chi connectivity index (χ3v) is 5.44. The number of nitrogens with one attached hydrogen (secondary N) is 1. The van der Waals surface area contributed by atoms with Gasteiger partial charge in [0.1, 0.15) is 0 Å². The van der Waals surface area contributed by atoms with E-state index in [0.717, 1.165) is 32.5 Å². The minimum atomic E-state index is 0.971. The van der Waals surface area contributed by atoms with Gasteiger partial charge in [0.2, 0.25) is 0 Å². The second kappa shape index (κ2) is 8.90. The van der Waals surface area contributed by atoms with Gasteiger partial charge in [0.15, 0.2) is 0 Å². The Kier molecular flexibility index (Phi) is 5.89. The van der Waals surface area contributed by atoms with Crippen LogP contribution in [0.4, 0.5) is 0 Å². The van der Waals surface area contributed by atoms with Gasteiger partial charge in [-0.2, -0.15) is 0 Å². The van der Waals surface area contributed by atoms with Crippen molar-refractivity contribution in [2.75, 3.05) is 6.54 Å². The van der Waals surface area contributed by atoms with Crippen LogP contribution in [0.5, 0.6) is 0 Å². The summed E-state index contributed by atoms with van der Waals surface area (Å²) in [6.07, 6.45) is 4.31. The van der Waals surface area contributed by atoms with Crippen molar-refractivity contribution in [2.45, 2.75) is 32.9 Å². The normalized spacial score (nSPS) is 11.4. The number of aryl methyl sites for hydroxylation is 1. The molecule has 0 aliphatic heterocycles. The minimum Gasteiger partial charge on any atom is -0.361 e. The first kappa shape index (κ1) is 18.5. The van der Waals surface area contributed by atoms with Gasteiger partial charge in [-0.05, 0) is 47.2 Å². The van der Waals surface area contributed by atoms with Crippen molar-refractivity contribution in [1.29, 1.82) is 0 Å². The first-order chi connectivity index (χ1) is 13.8. The molecule has 2 heteroatoms. The molecular formula is C26H28N2. The molecule has 0 fully saturated rings. The van der Waals surface area contributed by atoms with E-state index in [0.29, 0.717) is 0 Å². The van der Waals surface area contributed by atoms with Gasteiger partial charge in [-0.25, -0.2) is 0 Å². The molecule has 4 rings (SSSR count). The average Bonchev–Trinajstić information content (AvgIpc) is 3.15. The Morgan fingerprint density at radius 1 is 0.750 bits per heavy atom. The summed E-state index contributed by atoms with van der Waals surface area (Å²) < 4.78 is 0. The number of aromatic nitrogens is 1. The summed E-state index contributed by atoms with van der Waals surface area (Å²) in [5, 5.41) is 1.37. The maximum absolute atomic E-state index is 3.44. The Morgan fingerprint density at radius 3 is 2.00 bits per heavy atom. The maximum atomic E-state index is 3.44. The largest absolute Gasteiger partial charge is 0.361 e. The molecule has 2 nitrogen and oxygen atoms in total. The van der Waals surface area contributed by atoms with Crippen LogP contribution in [0.3, 0.4) is 0 Å². The van der Waals surface area contributed by atoms with Crippen LogP contribution < -0.4 is 0 Å². The topological polar surface area (TPSA) is 19.0 Å². The summed E-state index contributed by atoms with van der Waals surface area (Å²) in [7, 11) is 0. The average molecular weight is 369 g/mol. The number of rotatable bonds is 8. The number of benzene rings is 3. The smallest absolute Gasteiger partial charge is 0.0456 e. The molecule has 0 atom stereocenters. The van der Waals surface area contributed by atoms with Crippen molar-refractivity contribution in [2.24, 2.45) is 0 Å².